The zero-order valence-electron chi connectivity index (χ0n) is 13.2. The predicted octanol–water partition coefficient (Wildman–Crippen LogP) is 4.31. The van der Waals surface area contributed by atoms with E-state index in [4.69, 9.17) is 4.74 Å². The third-order valence-electron chi connectivity index (χ3n) is 4.36. The van der Waals surface area contributed by atoms with Gasteiger partial charge in [-0.1, -0.05) is 18.2 Å². The molecule has 0 amide bonds. The van der Waals surface area contributed by atoms with E-state index in [1.165, 1.54) is 24.9 Å². The lowest BCUT2D eigenvalue weighted by Crippen LogP contribution is -2.25. The lowest BCUT2D eigenvalue weighted by atomic mass is 9.96. The quantitative estimate of drug-likeness (QED) is 0.760. The molecule has 5 heteroatoms. The van der Waals surface area contributed by atoms with E-state index >= 15 is 0 Å². The fraction of sp³-hybridized carbons (Fsp3) is 0.263. The molecule has 0 radical (unpaired) electrons. The van der Waals surface area contributed by atoms with Gasteiger partial charge in [0.05, 0.1) is 11.6 Å². The molecule has 0 atom stereocenters. The van der Waals surface area contributed by atoms with Crippen LogP contribution in [0.25, 0.3) is 10.9 Å². The predicted molar refractivity (Wildman–Crippen MR) is 91.5 cm³/mol. The van der Waals surface area contributed by atoms with Crippen LogP contribution in [-0.4, -0.2) is 16.1 Å². The normalized spacial score (nSPS) is 14.4. The molecule has 0 saturated heterocycles. The average molecular weight is 323 g/mol. The summed E-state index contributed by atoms with van der Waals surface area (Å²) in [5.41, 5.74) is 1.78. The van der Waals surface area contributed by atoms with Crippen LogP contribution >= 0.6 is 0 Å². The molecule has 1 N–H and O–H groups in total. The van der Waals surface area contributed by atoms with E-state index in [1.807, 2.05) is 24.3 Å². The van der Waals surface area contributed by atoms with Gasteiger partial charge >= 0.3 is 0 Å². The first-order valence-electron chi connectivity index (χ1n) is 8.18. The summed E-state index contributed by atoms with van der Waals surface area (Å²) in [6.07, 6.45) is 5.30. The van der Waals surface area contributed by atoms with Crippen molar-refractivity contribution < 1.29 is 9.13 Å². The monoisotopic (exact) mass is 323 g/mol. The van der Waals surface area contributed by atoms with Crippen LogP contribution in [0.1, 0.15) is 24.8 Å². The molecule has 2 aromatic carbocycles. The Balaban J connectivity index is 1.56. The summed E-state index contributed by atoms with van der Waals surface area (Å²) < 4.78 is 19.6. The van der Waals surface area contributed by atoms with Gasteiger partial charge in [0.2, 0.25) is 0 Å². The Morgan fingerprint density at radius 2 is 2.00 bits per heavy atom. The fourth-order valence-corrected chi connectivity index (χ4v) is 2.78. The highest BCUT2D eigenvalue weighted by Crippen LogP contribution is 2.28. The Bertz CT molecular complexity index is 864. The Hall–Kier alpha value is -2.69. The first kappa shape index (κ1) is 14.9. The lowest BCUT2D eigenvalue weighted by molar-refractivity contribution is 0.119. The van der Waals surface area contributed by atoms with Gasteiger partial charge in [-0.15, -0.1) is 0 Å². The van der Waals surface area contributed by atoms with E-state index in [-0.39, 0.29) is 5.82 Å². The second kappa shape index (κ2) is 6.43. The van der Waals surface area contributed by atoms with Gasteiger partial charge in [-0.25, -0.2) is 14.4 Å². The molecule has 4 rings (SSSR count). The van der Waals surface area contributed by atoms with Gasteiger partial charge in [-0.3, -0.25) is 0 Å². The summed E-state index contributed by atoms with van der Waals surface area (Å²) in [6, 6.07) is 12.5. The maximum absolute atomic E-state index is 13.5. The molecule has 24 heavy (non-hydrogen) atoms. The van der Waals surface area contributed by atoms with Crippen LogP contribution in [0.15, 0.2) is 48.8 Å². The van der Waals surface area contributed by atoms with Gasteiger partial charge in [0.15, 0.2) is 0 Å². The summed E-state index contributed by atoms with van der Waals surface area (Å²) in [7, 11) is 0. The van der Waals surface area contributed by atoms with E-state index in [9.17, 15) is 4.39 Å². The number of anilines is 1. The second-order valence-corrected chi connectivity index (χ2v) is 6.02. The van der Waals surface area contributed by atoms with Crippen molar-refractivity contribution in [2.75, 3.05) is 5.32 Å². The third kappa shape index (κ3) is 3.02. The first-order valence-corrected chi connectivity index (χ1v) is 8.18. The SMILES string of the molecule is Fc1ccc2ncnc(NCc3ccccc3OC3CCC3)c2c1. The fourth-order valence-electron chi connectivity index (χ4n) is 2.78. The van der Waals surface area contributed by atoms with Crippen LogP contribution in [0, 0.1) is 5.82 Å². The Morgan fingerprint density at radius 3 is 2.83 bits per heavy atom. The summed E-state index contributed by atoms with van der Waals surface area (Å²) >= 11 is 0. The molecular formula is C19H18FN3O. The van der Waals surface area contributed by atoms with Crippen LogP contribution in [0.3, 0.4) is 0 Å². The molecule has 1 heterocycles. The maximum atomic E-state index is 13.5. The summed E-state index contributed by atoms with van der Waals surface area (Å²) in [4.78, 5) is 8.42. The minimum Gasteiger partial charge on any atom is -0.490 e. The third-order valence-corrected chi connectivity index (χ3v) is 4.36. The molecule has 122 valence electrons. The van der Waals surface area contributed by atoms with Gasteiger partial charge in [-0.2, -0.15) is 0 Å². The number of fused-ring (bicyclic) bond motifs is 1. The summed E-state index contributed by atoms with van der Waals surface area (Å²) in [6.45, 7) is 0.561. The smallest absolute Gasteiger partial charge is 0.137 e. The zero-order chi connectivity index (χ0) is 16.4. The Morgan fingerprint density at radius 1 is 1.12 bits per heavy atom. The zero-order valence-corrected chi connectivity index (χ0v) is 13.2. The molecule has 4 nitrogen and oxygen atoms in total. The number of aromatic nitrogens is 2. The van der Waals surface area contributed by atoms with Crippen LogP contribution in [-0.2, 0) is 6.54 Å². The topological polar surface area (TPSA) is 47.0 Å². The highest BCUT2D eigenvalue weighted by atomic mass is 19.1. The number of ether oxygens (including phenoxy) is 1. The van der Waals surface area contributed by atoms with Gasteiger partial charge in [0.25, 0.3) is 0 Å². The highest BCUT2D eigenvalue weighted by molar-refractivity contribution is 5.88. The van der Waals surface area contributed by atoms with Crippen molar-refractivity contribution in [1.82, 2.24) is 9.97 Å². The van der Waals surface area contributed by atoms with E-state index in [1.54, 1.807) is 6.07 Å². The minimum absolute atomic E-state index is 0.297. The Kier molecular flexibility index (Phi) is 3.99. The van der Waals surface area contributed by atoms with Crippen LogP contribution in [0.4, 0.5) is 10.2 Å². The van der Waals surface area contributed by atoms with Crippen LogP contribution < -0.4 is 10.1 Å². The van der Waals surface area contributed by atoms with Crippen molar-refractivity contribution in [2.45, 2.75) is 31.9 Å². The van der Waals surface area contributed by atoms with Crippen molar-refractivity contribution >= 4 is 16.7 Å². The van der Waals surface area contributed by atoms with Gasteiger partial charge < -0.3 is 10.1 Å². The number of nitrogens with zero attached hydrogens (tertiary/aromatic N) is 2. The summed E-state index contributed by atoms with van der Waals surface area (Å²) in [5, 5.41) is 3.96. The standard InChI is InChI=1S/C19H18FN3O/c20-14-8-9-17-16(10-14)19(23-12-22-17)21-11-13-4-1-2-7-18(13)24-15-5-3-6-15/h1-2,4,7-10,12,15H,3,5-6,11H2,(H,21,22,23). The second-order valence-electron chi connectivity index (χ2n) is 6.02. The molecule has 1 aliphatic rings. The van der Waals surface area contributed by atoms with Gasteiger partial charge in [0, 0.05) is 17.5 Å². The van der Waals surface area contributed by atoms with Gasteiger partial charge in [-0.05, 0) is 43.5 Å². The number of nitrogens with one attached hydrogen (secondary N) is 1. The van der Waals surface area contributed by atoms with Crippen molar-refractivity contribution in [2.24, 2.45) is 0 Å². The average Bonchev–Trinajstić information content (AvgIpc) is 2.57. The number of para-hydroxylation sites is 1. The lowest BCUT2D eigenvalue weighted by Gasteiger charge is -2.27. The molecule has 1 aromatic heterocycles. The molecule has 1 fully saturated rings. The van der Waals surface area contributed by atoms with Crippen molar-refractivity contribution in [3.05, 3.63) is 60.2 Å². The van der Waals surface area contributed by atoms with E-state index < -0.39 is 0 Å². The summed E-state index contributed by atoms with van der Waals surface area (Å²) in [5.74, 6) is 1.23. The molecule has 0 unspecified atom stereocenters. The van der Waals surface area contributed by atoms with Gasteiger partial charge in [0.1, 0.15) is 23.7 Å². The number of rotatable bonds is 5. The number of hydrogen-bond acceptors (Lipinski definition) is 4. The van der Waals surface area contributed by atoms with E-state index in [0.29, 0.717) is 29.4 Å². The number of halogens is 1. The molecule has 1 aliphatic carbocycles. The van der Waals surface area contributed by atoms with Crippen LogP contribution in [0.2, 0.25) is 0 Å². The van der Waals surface area contributed by atoms with E-state index in [2.05, 4.69) is 15.3 Å². The molecule has 0 spiro atoms. The van der Waals surface area contributed by atoms with E-state index in [0.717, 1.165) is 24.2 Å². The number of benzene rings is 2. The number of hydrogen-bond donors (Lipinski definition) is 1. The van der Waals surface area contributed by atoms with Crippen molar-refractivity contribution in [3.63, 3.8) is 0 Å². The highest BCUT2D eigenvalue weighted by Gasteiger charge is 2.20. The largest absolute Gasteiger partial charge is 0.490 e. The van der Waals surface area contributed by atoms with Crippen molar-refractivity contribution in [3.8, 4) is 5.75 Å². The molecule has 0 aliphatic heterocycles. The Labute approximate surface area is 139 Å². The molecule has 0 bridgehead atoms. The minimum atomic E-state index is -0.297. The first-order chi connectivity index (χ1) is 11.8. The molecular weight excluding hydrogens is 305 g/mol. The van der Waals surface area contributed by atoms with Crippen molar-refractivity contribution in [1.29, 1.82) is 0 Å². The maximum Gasteiger partial charge on any atom is 0.137 e. The molecule has 3 aromatic rings. The molecule has 1 saturated carbocycles. The van der Waals surface area contributed by atoms with Crippen LogP contribution in [0.5, 0.6) is 5.75 Å².